The molecule has 2 nitrogen and oxygen atoms in total. The monoisotopic (exact) mass is 374 g/mol. The Morgan fingerprint density at radius 1 is 1.00 bits per heavy atom. The lowest BCUT2D eigenvalue weighted by atomic mass is 9.84. The molecule has 1 aliphatic carbocycles. The summed E-state index contributed by atoms with van der Waals surface area (Å²) in [6.45, 7) is 12.1. The molecule has 0 spiro atoms. The Morgan fingerprint density at radius 3 is 2.29 bits per heavy atom. The molecule has 1 atom stereocenters. The van der Waals surface area contributed by atoms with Gasteiger partial charge in [-0.1, -0.05) is 60.2 Å². The summed E-state index contributed by atoms with van der Waals surface area (Å²) in [5.41, 5.74) is 9.12. The van der Waals surface area contributed by atoms with Crippen LogP contribution in [-0.4, -0.2) is 25.5 Å². The molecule has 1 aliphatic rings. The average Bonchev–Trinajstić information content (AvgIpc) is 3.06. The van der Waals surface area contributed by atoms with Gasteiger partial charge in [-0.05, 0) is 76.5 Å². The highest BCUT2D eigenvalue weighted by Gasteiger charge is 2.27. The van der Waals surface area contributed by atoms with E-state index in [-0.39, 0.29) is 5.54 Å². The molecule has 2 heteroatoms. The minimum absolute atomic E-state index is 0.173. The summed E-state index contributed by atoms with van der Waals surface area (Å²) < 4.78 is 0. The van der Waals surface area contributed by atoms with E-state index in [1.54, 1.807) is 0 Å². The summed E-state index contributed by atoms with van der Waals surface area (Å²) in [7, 11) is 4.24. The van der Waals surface area contributed by atoms with Crippen molar-refractivity contribution in [3.8, 4) is 0 Å². The second kappa shape index (κ2) is 7.97. The van der Waals surface area contributed by atoms with Gasteiger partial charge in [-0.3, -0.25) is 0 Å². The number of rotatable bonds is 6. The molecule has 28 heavy (non-hydrogen) atoms. The van der Waals surface area contributed by atoms with Crippen molar-refractivity contribution in [3.05, 3.63) is 88.0 Å². The Kier molecular flexibility index (Phi) is 5.81. The number of benzene rings is 2. The molecule has 0 heterocycles. The predicted molar refractivity (Wildman–Crippen MR) is 122 cm³/mol. The molecule has 0 amide bonds. The van der Waals surface area contributed by atoms with E-state index in [9.17, 15) is 0 Å². The smallest absolute Gasteiger partial charge is 0.0572 e. The van der Waals surface area contributed by atoms with Crippen molar-refractivity contribution in [2.45, 2.75) is 46.1 Å². The molecular weight excluding hydrogens is 340 g/mol. The van der Waals surface area contributed by atoms with Crippen molar-refractivity contribution in [2.24, 2.45) is 0 Å². The summed E-state index contributed by atoms with van der Waals surface area (Å²) in [5, 5.41) is 3.85. The van der Waals surface area contributed by atoms with Crippen LogP contribution < -0.4 is 5.32 Å². The minimum Gasteiger partial charge on any atom is -0.376 e. The van der Waals surface area contributed by atoms with Crippen molar-refractivity contribution in [1.82, 2.24) is 4.90 Å². The lowest BCUT2D eigenvalue weighted by molar-refractivity contribution is 0.449. The van der Waals surface area contributed by atoms with E-state index >= 15 is 0 Å². The van der Waals surface area contributed by atoms with E-state index in [1.165, 1.54) is 39.1 Å². The molecule has 1 N–H and O–H groups in total. The maximum atomic E-state index is 3.85. The lowest BCUT2D eigenvalue weighted by Crippen LogP contribution is -2.30. The molecule has 0 radical (unpaired) electrons. The molecule has 2 aromatic carbocycles. The molecule has 1 unspecified atom stereocenters. The van der Waals surface area contributed by atoms with Gasteiger partial charge in [0.25, 0.3) is 0 Å². The van der Waals surface area contributed by atoms with E-state index in [4.69, 9.17) is 0 Å². The Bertz CT molecular complexity index is 893. The first-order chi connectivity index (χ1) is 13.2. The fraction of sp³-hybridized carbons (Fsp3) is 0.385. The lowest BCUT2D eigenvalue weighted by Gasteiger charge is -2.33. The molecule has 0 saturated heterocycles. The average molecular weight is 375 g/mol. The number of hydrogen-bond donors (Lipinski definition) is 1. The van der Waals surface area contributed by atoms with Crippen LogP contribution in [-0.2, 0) is 5.54 Å². The molecular formula is C26H34N2. The third kappa shape index (κ3) is 4.39. The maximum absolute atomic E-state index is 3.85. The zero-order valence-electron chi connectivity index (χ0n) is 18.4. The number of aryl methyl sites for hydroxylation is 3. The number of allylic oxidation sites excluding steroid dienone is 2. The molecule has 3 rings (SSSR count). The van der Waals surface area contributed by atoms with Crippen molar-refractivity contribution in [3.63, 3.8) is 0 Å². The van der Waals surface area contributed by atoms with Gasteiger partial charge in [-0.2, -0.15) is 0 Å². The summed E-state index contributed by atoms with van der Waals surface area (Å²) in [4.78, 5) is 2.22. The number of anilines is 1. The van der Waals surface area contributed by atoms with E-state index in [0.29, 0.717) is 5.92 Å². The Hall–Kier alpha value is -2.32. The van der Waals surface area contributed by atoms with Gasteiger partial charge >= 0.3 is 0 Å². The fourth-order valence-electron chi connectivity index (χ4n) is 4.35. The topological polar surface area (TPSA) is 15.3 Å². The zero-order valence-corrected chi connectivity index (χ0v) is 18.4. The van der Waals surface area contributed by atoms with Crippen molar-refractivity contribution < 1.29 is 0 Å². The van der Waals surface area contributed by atoms with Crippen LogP contribution in [0, 0.1) is 20.8 Å². The van der Waals surface area contributed by atoms with Crippen molar-refractivity contribution in [1.29, 1.82) is 0 Å². The van der Waals surface area contributed by atoms with Gasteiger partial charge in [-0.25, -0.2) is 0 Å². The first-order valence-corrected chi connectivity index (χ1v) is 10.2. The van der Waals surface area contributed by atoms with Crippen LogP contribution in [0.15, 0.2) is 60.2 Å². The molecule has 2 aromatic rings. The van der Waals surface area contributed by atoms with Gasteiger partial charge in [0.2, 0.25) is 0 Å². The van der Waals surface area contributed by atoms with Gasteiger partial charge in [0.15, 0.2) is 0 Å². The van der Waals surface area contributed by atoms with Crippen LogP contribution in [0.3, 0.4) is 0 Å². The van der Waals surface area contributed by atoms with Gasteiger partial charge in [0, 0.05) is 18.2 Å². The second-order valence-electron chi connectivity index (χ2n) is 8.98. The van der Waals surface area contributed by atoms with Gasteiger partial charge in [-0.15, -0.1) is 0 Å². The Labute approximate surface area is 171 Å². The molecule has 0 aromatic heterocycles. The van der Waals surface area contributed by atoms with Crippen LogP contribution >= 0.6 is 0 Å². The summed E-state index contributed by atoms with van der Waals surface area (Å²) in [5.74, 6) is 0.340. The highest BCUT2D eigenvalue weighted by Crippen LogP contribution is 2.37. The first kappa shape index (κ1) is 20.4. The third-order valence-electron chi connectivity index (χ3n) is 5.52. The maximum Gasteiger partial charge on any atom is 0.0572 e. The minimum atomic E-state index is -0.173. The van der Waals surface area contributed by atoms with Gasteiger partial charge in [0.1, 0.15) is 0 Å². The van der Waals surface area contributed by atoms with E-state index < -0.39 is 0 Å². The number of hydrogen-bond acceptors (Lipinski definition) is 2. The Balaban J connectivity index is 1.94. The zero-order chi connectivity index (χ0) is 20.5. The predicted octanol–water partition coefficient (Wildman–Crippen LogP) is 6.10. The van der Waals surface area contributed by atoms with Crippen LogP contribution in [0.5, 0.6) is 0 Å². The van der Waals surface area contributed by atoms with E-state index in [0.717, 1.165) is 6.54 Å². The van der Waals surface area contributed by atoms with Crippen LogP contribution in [0.1, 0.15) is 47.6 Å². The second-order valence-corrected chi connectivity index (χ2v) is 8.98. The van der Waals surface area contributed by atoms with Crippen molar-refractivity contribution in [2.75, 3.05) is 26.0 Å². The number of likely N-dealkylation sites (N-methyl/N-ethyl adjacent to an activating group) is 1. The highest BCUT2D eigenvalue weighted by molar-refractivity contribution is 5.61. The summed E-state index contributed by atoms with van der Waals surface area (Å²) in [6, 6.07) is 13.4. The Morgan fingerprint density at radius 2 is 1.64 bits per heavy atom. The van der Waals surface area contributed by atoms with Crippen LogP contribution in [0.4, 0.5) is 5.69 Å². The van der Waals surface area contributed by atoms with Gasteiger partial charge < -0.3 is 10.2 Å². The first-order valence-electron chi connectivity index (χ1n) is 10.2. The number of nitrogens with one attached hydrogen (secondary N) is 1. The summed E-state index contributed by atoms with van der Waals surface area (Å²) >= 11 is 0. The van der Waals surface area contributed by atoms with Gasteiger partial charge in [0.05, 0.1) is 5.54 Å². The normalized spacial score (nSPS) is 16.6. The fourth-order valence-corrected chi connectivity index (χ4v) is 4.35. The molecule has 0 saturated carbocycles. The third-order valence-corrected chi connectivity index (χ3v) is 5.52. The molecule has 0 bridgehead atoms. The molecule has 0 fully saturated rings. The SMILES string of the molecule is Cc1cc(C)c(NC(C)(C)c2ccccc2C2C=CC(CN(C)C)=C2)c(C)c1. The van der Waals surface area contributed by atoms with Crippen molar-refractivity contribution >= 4 is 5.69 Å². The molecule has 148 valence electrons. The summed E-state index contributed by atoms with van der Waals surface area (Å²) in [6.07, 6.45) is 7.00. The standard InChI is InChI=1S/C26H34N2/c1-18-14-19(2)25(20(3)15-18)27-26(4,5)24-11-9-8-10-23(24)22-13-12-21(16-22)17-28(6)7/h8-16,22,27H,17H2,1-7H3. The highest BCUT2D eigenvalue weighted by atomic mass is 15.0. The number of nitrogens with zero attached hydrogens (tertiary/aromatic N) is 1. The van der Waals surface area contributed by atoms with Crippen LogP contribution in [0.25, 0.3) is 0 Å². The van der Waals surface area contributed by atoms with Crippen LogP contribution in [0.2, 0.25) is 0 Å². The quantitative estimate of drug-likeness (QED) is 0.657. The molecule has 0 aliphatic heterocycles. The van der Waals surface area contributed by atoms with E-state index in [1.807, 2.05) is 0 Å². The largest absolute Gasteiger partial charge is 0.376 e. The van der Waals surface area contributed by atoms with E-state index in [2.05, 4.69) is 114 Å².